The Bertz CT molecular complexity index is 631. The molecule has 3 N–H and O–H groups in total. The Morgan fingerprint density at radius 1 is 1.47 bits per heavy atom. The van der Waals surface area contributed by atoms with E-state index in [1.807, 2.05) is 0 Å². The van der Waals surface area contributed by atoms with Crippen LogP contribution in [0.3, 0.4) is 0 Å². The molecule has 1 aromatic heterocycles. The average molecular weight is 232 g/mol. The van der Waals surface area contributed by atoms with Crippen molar-refractivity contribution in [2.45, 2.75) is 6.92 Å². The molecule has 0 bridgehead atoms. The maximum absolute atomic E-state index is 12.0. The van der Waals surface area contributed by atoms with Gasteiger partial charge in [0.15, 0.2) is 0 Å². The monoisotopic (exact) mass is 232 g/mol. The zero-order chi connectivity index (χ0) is 12.4. The molecule has 88 valence electrons. The minimum absolute atomic E-state index is 0.00382. The predicted molar refractivity (Wildman–Crippen MR) is 64.9 cm³/mol. The fourth-order valence-corrected chi connectivity index (χ4v) is 1.60. The fraction of sp³-hybridized carbons (Fsp3) is 0.167. The van der Waals surface area contributed by atoms with E-state index in [0.717, 1.165) is 0 Å². The van der Waals surface area contributed by atoms with Gasteiger partial charge in [0.1, 0.15) is 5.56 Å². The third-order valence-corrected chi connectivity index (χ3v) is 2.40. The summed E-state index contributed by atoms with van der Waals surface area (Å²) in [4.78, 5) is 26.4. The van der Waals surface area contributed by atoms with Crippen molar-refractivity contribution in [2.24, 2.45) is 0 Å². The lowest BCUT2D eigenvalue weighted by Crippen LogP contribution is -2.18. The molecule has 0 spiro atoms. The lowest BCUT2D eigenvalue weighted by molar-refractivity contribution is 0.0524. The van der Waals surface area contributed by atoms with Crippen LogP contribution in [0.2, 0.25) is 0 Å². The molecule has 0 saturated heterocycles. The number of fused-ring (bicyclic) bond motifs is 1. The Morgan fingerprint density at radius 2 is 2.24 bits per heavy atom. The van der Waals surface area contributed by atoms with Gasteiger partial charge in [0.2, 0.25) is 5.43 Å². The van der Waals surface area contributed by atoms with Crippen LogP contribution >= 0.6 is 0 Å². The van der Waals surface area contributed by atoms with Crippen LogP contribution in [-0.2, 0) is 4.74 Å². The molecule has 0 aliphatic rings. The first-order valence-electron chi connectivity index (χ1n) is 5.21. The van der Waals surface area contributed by atoms with Gasteiger partial charge in [0, 0.05) is 17.3 Å². The summed E-state index contributed by atoms with van der Waals surface area (Å²) in [5.41, 5.74) is 6.41. The Morgan fingerprint density at radius 3 is 2.94 bits per heavy atom. The van der Waals surface area contributed by atoms with Crippen LogP contribution in [-0.4, -0.2) is 17.6 Å². The smallest absolute Gasteiger partial charge is 0.343 e. The number of nitrogens with two attached hydrogens (primary N) is 1. The summed E-state index contributed by atoms with van der Waals surface area (Å²) in [6, 6.07) is 4.85. The summed E-state index contributed by atoms with van der Waals surface area (Å²) in [5, 5.41) is 0.421. The van der Waals surface area contributed by atoms with Crippen molar-refractivity contribution in [3.8, 4) is 0 Å². The van der Waals surface area contributed by atoms with Crippen LogP contribution in [0.5, 0.6) is 0 Å². The van der Waals surface area contributed by atoms with E-state index in [4.69, 9.17) is 10.5 Å². The van der Waals surface area contributed by atoms with Gasteiger partial charge in [0.05, 0.1) is 12.1 Å². The van der Waals surface area contributed by atoms with Crippen LogP contribution in [0, 0.1) is 0 Å². The summed E-state index contributed by atoms with van der Waals surface area (Å²) in [6.45, 7) is 1.92. The quantitative estimate of drug-likeness (QED) is 0.603. The van der Waals surface area contributed by atoms with E-state index in [9.17, 15) is 9.59 Å². The number of nitrogens with one attached hydrogen (secondary N) is 1. The van der Waals surface area contributed by atoms with E-state index >= 15 is 0 Å². The molecule has 2 aromatic rings. The van der Waals surface area contributed by atoms with Gasteiger partial charge in [-0.05, 0) is 25.1 Å². The molecule has 0 fully saturated rings. The van der Waals surface area contributed by atoms with Gasteiger partial charge in [-0.3, -0.25) is 4.79 Å². The van der Waals surface area contributed by atoms with Crippen molar-refractivity contribution in [1.82, 2.24) is 4.98 Å². The summed E-state index contributed by atoms with van der Waals surface area (Å²) < 4.78 is 4.80. The molecule has 1 aromatic carbocycles. The molecule has 0 atom stereocenters. The van der Waals surface area contributed by atoms with Gasteiger partial charge in [-0.25, -0.2) is 4.79 Å². The lowest BCUT2D eigenvalue weighted by atomic mass is 10.1. The number of hydrogen-bond acceptors (Lipinski definition) is 4. The fourth-order valence-electron chi connectivity index (χ4n) is 1.60. The average Bonchev–Trinajstić information content (AvgIpc) is 2.29. The number of aromatic nitrogens is 1. The number of carbonyl (C=O) groups excluding carboxylic acids is 1. The molecule has 5 nitrogen and oxygen atoms in total. The molecule has 0 amide bonds. The second-order valence-electron chi connectivity index (χ2n) is 3.56. The molecule has 0 aliphatic heterocycles. The molecule has 0 aliphatic carbocycles. The van der Waals surface area contributed by atoms with E-state index < -0.39 is 5.97 Å². The summed E-state index contributed by atoms with van der Waals surface area (Å²) in [7, 11) is 0. The maximum atomic E-state index is 12.0. The number of hydrogen-bond donors (Lipinski definition) is 2. The SMILES string of the molecule is CCOC(=O)c1c[nH]c2cc(N)ccc2c1=O. The highest BCUT2D eigenvalue weighted by molar-refractivity contribution is 5.94. The van der Waals surface area contributed by atoms with Crippen LogP contribution in [0.25, 0.3) is 10.9 Å². The van der Waals surface area contributed by atoms with Gasteiger partial charge >= 0.3 is 5.97 Å². The number of rotatable bonds is 2. The van der Waals surface area contributed by atoms with Crippen molar-refractivity contribution in [2.75, 3.05) is 12.3 Å². The highest BCUT2D eigenvalue weighted by Gasteiger charge is 2.13. The second kappa shape index (κ2) is 4.29. The van der Waals surface area contributed by atoms with Crippen LogP contribution in [0.1, 0.15) is 17.3 Å². The third-order valence-electron chi connectivity index (χ3n) is 2.40. The normalized spacial score (nSPS) is 10.4. The molecular weight excluding hydrogens is 220 g/mol. The first kappa shape index (κ1) is 11.2. The van der Waals surface area contributed by atoms with Crippen LogP contribution < -0.4 is 11.2 Å². The number of nitrogen functional groups attached to an aromatic ring is 1. The largest absolute Gasteiger partial charge is 0.462 e. The number of anilines is 1. The number of benzene rings is 1. The van der Waals surface area contributed by atoms with E-state index in [-0.39, 0.29) is 17.6 Å². The Hall–Kier alpha value is -2.30. The highest BCUT2D eigenvalue weighted by Crippen LogP contribution is 2.12. The molecule has 0 saturated carbocycles. The van der Waals surface area contributed by atoms with Crippen molar-refractivity contribution >= 4 is 22.6 Å². The molecule has 0 unspecified atom stereocenters. The standard InChI is InChI=1S/C12H12N2O3/c1-2-17-12(16)9-6-14-10-5-7(13)3-4-8(10)11(9)15/h3-6H,2,13H2,1H3,(H,14,15). The van der Waals surface area contributed by atoms with Gasteiger partial charge in [-0.1, -0.05) is 0 Å². The molecule has 0 radical (unpaired) electrons. The maximum Gasteiger partial charge on any atom is 0.343 e. The second-order valence-corrected chi connectivity index (χ2v) is 3.56. The van der Waals surface area contributed by atoms with E-state index in [0.29, 0.717) is 16.6 Å². The van der Waals surface area contributed by atoms with E-state index in [2.05, 4.69) is 4.98 Å². The minimum Gasteiger partial charge on any atom is -0.462 e. The number of H-pyrrole nitrogens is 1. The summed E-state index contributed by atoms with van der Waals surface area (Å²) in [6.07, 6.45) is 1.35. The number of carbonyl (C=O) groups is 1. The molecule has 5 heteroatoms. The first-order chi connectivity index (χ1) is 8.13. The van der Waals surface area contributed by atoms with Crippen molar-refractivity contribution in [1.29, 1.82) is 0 Å². The Labute approximate surface area is 97.2 Å². The van der Waals surface area contributed by atoms with Gasteiger partial charge < -0.3 is 15.5 Å². The molecule has 2 rings (SSSR count). The van der Waals surface area contributed by atoms with Gasteiger partial charge in [0.25, 0.3) is 0 Å². The predicted octanol–water partition coefficient (Wildman–Crippen LogP) is 1.29. The first-order valence-corrected chi connectivity index (χ1v) is 5.21. The van der Waals surface area contributed by atoms with Gasteiger partial charge in [-0.2, -0.15) is 0 Å². The number of esters is 1. The van der Waals surface area contributed by atoms with Gasteiger partial charge in [-0.15, -0.1) is 0 Å². The molecule has 17 heavy (non-hydrogen) atoms. The topological polar surface area (TPSA) is 85.2 Å². The van der Waals surface area contributed by atoms with Crippen LogP contribution in [0.15, 0.2) is 29.2 Å². The third kappa shape index (κ3) is 1.99. The van der Waals surface area contributed by atoms with Crippen molar-refractivity contribution in [3.63, 3.8) is 0 Å². The van der Waals surface area contributed by atoms with Crippen LogP contribution in [0.4, 0.5) is 5.69 Å². The van der Waals surface area contributed by atoms with Crippen molar-refractivity contribution < 1.29 is 9.53 Å². The number of ether oxygens (including phenoxy) is 1. The molecular formula is C12H12N2O3. The number of pyridine rings is 1. The van der Waals surface area contributed by atoms with E-state index in [1.165, 1.54) is 6.20 Å². The lowest BCUT2D eigenvalue weighted by Gasteiger charge is -2.03. The highest BCUT2D eigenvalue weighted by atomic mass is 16.5. The number of aromatic amines is 1. The zero-order valence-corrected chi connectivity index (χ0v) is 9.32. The summed E-state index contributed by atoms with van der Waals surface area (Å²) >= 11 is 0. The molecule has 1 heterocycles. The van der Waals surface area contributed by atoms with E-state index in [1.54, 1.807) is 25.1 Å². The van der Waals surface area contributed by atoms with Crippen molar-refractivity contribution in [3.05, 3.63) is 40.2 Å². The summed E-state index contributed by atoms with van der Waals surface area (Å²) in [5.74, 6) is -0.618. The zero-order valence-electron chi connectivity index (χ0n) is 9.32. The minimum atomic E-state index is -0.618. The Kier molecular flexibility index (Phi) is 2.82. The Balaban J connectivity index is 2.62.